The fourth-order valence-corrected chi connectivity index (χ4v) is 17.1. The van der Waals surface area contributed by atoms with Gasteiger partial charge in [0.2, 0.25) is 0 Å². The number of carbonyl (C=O) groups is 13. The number of hydrogen-bond acceptors (Lipinski definition) is 26. The monoisotopic (exact) mass is 1510 g/mol. The van der Waals surface area contributed by atoms with Crippen LogP contribution in [0.15, 0.2) is 0 Å². The molecule has 12 unspecified atom stereocenters. The van der Waals surface area contributed by atoms with E-state index >= 15 is 33.6 Å². The third-order valence-electron chi connectivity index (χ3n) is 20.2. The molecule has 12 atom stereocenters. The van der Waals surface area contributed by atoms with E-state index in [1.165, 1.54) is 62.3 Å². The van der Waals surface area contributed by atoms with Gasteiger partial charge in [0.1, 0.15) is 0 Å². The largest absolute Gasteiger partial charge is 0.466 e. The second kappa shape index (κ2) is 41.6. The van der Waals surface area contributed by atoms with Gasteiger partial charge in [-0.1, -0.05) is 6.92 Å². The number of rotatable bonds is 51. The Bertz CT molecular complexity index is 3000. The normalized spacial score (nSPS) is 18.5. The first-order valence-corrected chi connectivity index (χ1v) is 38.0. The van der Waals surface area contributed by atoms with Crippen molar-refractivity contribution in [2.45, 2.75) is 277 Å². The molecule has 0 fully saturated rings. The van der Waals surface area contributed by atoms with Gasteiger partial charge >= 0.3 is 77.6 Å². The molecule has 26 heteroatoms. The average molecular weight is 1510 g/mol. The molecule has 0 heterocycles. The number of hydrogen-bond donors (Lipinski definition) is 0. The summed E-state index contributed by atoms with van der Waals surface area (Å²) in [7, 11) is 0. The molecule has 0 saturated heterocycles. The summed E-state index contributed by atoms with van der Waals surface area (Å²) < 4.78 is 74.8. The van der Waals surface area contributed by atoms with Gasteiger partial charge in [-0.3, -0.25) is 62.3 Å². The van der Waals surface area contributed by atoms with Crippen molar-refractivity contribution in [2.75, 3.05) is 85.9 Å². The van der Waals surface area contributed by atoms with Crippen molar-refractivity contribution >= 4 is 77.6 Å². The van der Waals surface area contributed by atoms with Crippen molar-refractivity contribution in [2.24, 2.45) is 70.4 Å². The first kappa shape index (κ1) is 99.1. The van der Waals surface area contributed by atoms with E-state index in [1.807, 2.05) is 0 Å². The molecule has 0 bridgehead atoms. The topological polar surface area (TPSA) is 342 Å². The summed E-state index contributed by atoms with van der Waals surface area (Å²) in [4.78, 5) is 193. The molecule has 0 aromatic rings. The van der Waals surface area contributed by atoms with Crippen LogP contribution in [0, 0.1) is 70.4 Å². The van der Waals surface area contributed by atoms with E-state index in [0.29, 0.717) is 0 Å². The third-order valence-corrected chi connectivity index (χ3v) is 20.2. The second-order valence-corrected chi connectivity index (χ2v) is 32.5. The second-order valence-electron chi connectivity index (χ2n) is 32.5. The van der Waals surface area contributed by atoms with E-state index in [4.69, 9.17) is 61.6 Å². The van der Waals surface area contributed by atoms with Gasteiger partial charge in [-0.15, -0.1) is 0 Å². The fraction of sp³-hybridized carbons (Fsp3) is 0.838. The molecule has 612 valence electrons. The Labute approximate surface area is 632 Å². The molecule has 0 rings (SSSR count). The molecule has 0 aliphatic rings. The molecular formula is C80H136O26. The zero-order valence-electron chi connectivity index (χ0n) is 70.0. The van der Waals surface area contributed by atoms with Crippen molar-refractivity contribution < 1.29 is 124 Å². The van der Waals surface area contributed by atoms with Crippen LogP contribution in [0.4, 0.5) is 0 Å². The average Bonchev–Trinajstić information content (AvgIpc) is 0.755. The molecule has 26 nitrogen and oxygen atoms in total. The third kappa shape index (κ3) is 26.2. The van der Waals surface area contributed by atoms with E-state index in [9.17, 15) is 28.8 Å². The highest BCUT2D eigenvalue weighted by Crippen LogP contribution is 2.59. The zero-order valence-corrected chi connectivity index (χ0v) is 70.0. The van der Waals surface area contributed by atoms with E-state index in [2.05, 4.69) is 0 Å². The maximum absolute atomic E-state index is 15.4. The van der Waals surface area contributed by atoms with E-state index in [-0.39, 0.29) is 118 Å². The first-order chi connectivity index (χ1) is 48.8. The lowest BCUT2D eigenvalue weighted by atomic mass is 9.55. The molecule has 0 aliphatic heterocycles. The minimum Gasteiger partial charge on any atom is -0.466 e. The quantitative estimate of drug-likeness (QED) is 0.0403. The summed E-state index contributed by atoms with van der Waals surface area (Å²) in [5.74, 6) is -11.0. The van der Waals surface area contributed by atoms with Crippen LogP contribution in [-0.4, -0.2) is 163 Å². The van der Waals surface area contributed by atoms with E-state index in [1.54, 1.807) is 132 Å². The van der Waals surface area contributed by atoms with Crippen molar-refractivity contribution in [3.63, 3.8) is 0 Å². The summed E-state index contributed by atoms with van der Waals surface area (Å²) in [5.41, 5.74) is -23.7. The number of carbonyl (C=O) groups excluding carboxylic acids is 13. The summed E-state index contributed by atoms with van der Waals surface area (Å²) >= 11 is 0. The van der Waals surface area contributed by atoms with Gasteiger partial charge in [0.15, 0.2) is 0 Å². The molecular weight excluding hydrogens is 1380 g/mol. The Morgan fingerprint density at radius 2 is 0.245 bits per heavy atom. The van der Waals surface area contributed by atoms with E-state index in [0.717, 1.165) is 0 Å². The Kier molecular flexibility index (Phi) is 38.9. The van der Waals surface area contributed by atoms with Gasteiger partial charge in [-0.05, 0) is 270 Å². The molecule has 0 radical (unpaired) electrons. The van der Waals surface area contributed by atoms with Gasteiger partial charge in [0.05, 0.1) is 156 Å². The maximum atomic E-state index is 15.4. The van der Waals surface area contributed by atoms with Crippen LogP contribution in [0.2, 0.25) is 0 Å². The van der Waals surface area contributed by atoms with Gasteiger partial charge in [0.25, 0.3) is 0 Å². The predicted molar refractivity (Wildman–Crippen MR) is 393 cm³/mol. The van der Waals surface area contributed by atoms with Crippen LogP contribution in [0.3, 0.4) is 0 Å². The van der Waals surface area contributed by atoms with Crippen LogP contribution < -0.4 is 0 Å². The molecule has 0 aliphatic carbocycles. The highest BCUT2D eigenvalue weighted by molar-refractivity contribution is 5.89. The van der Waals surface area contributed by atoms with Crippen LogP contribution in [0.25, 0.3) is 0 Å². The molecule has 0 saturated carbocycles. The van der Waals surface area contributed by atoms with Crippen LogP contribution in [-0.2, 0) is 124 Å². The summed E-state index contributed by atoms with van der Waals surface area (Å²) in [6.45, 7) is 41.5. The maximum Gasteiger partial charge on any atom is 0.311 e. The standard InChI is InChI=1S/C80H136O26/c1-29-69(17,56(82)95-31-3)44-71(19,58(84)97-33-5)46-73(21,60(86)99-35-7)48-75(23,62(88)101-37-9)50-77(25,64(90)103-39-11)52-79(27,66(92)105-41-13)54-80(28,67(93)106-42-14)53-78(26,65(91)104-40-12)51-76(24,63(89)102-38-10)49-74(22,61(87)100-36-8)47-72(20,59(85)98-34-6)45-70(18,57(83)96-32-4)43-68(15,16)55(81)94-30-2/h29-54H2,1-28H3. The fourth-order valence-electron chi connectivity index (χ4n) is 17.1. The van der Waals surface area contributed by atoms with Crippen molar-refractivity contribution in [1.29, 1.82) is 0 Å². The lowest BCUT2D eigenvalue weighted by Gasteiger charge is -2.47. The van der Waals surface area contributed by atoms with E-state index < -0.39 is 199 Å². The summed E-state index contributed by atoms with van der Waals surface area (Å²) in [6.07, 6.45) is -5.41. The Balaban J connectivity index is 9.44. The van der Waals surface area contributed by atoms with Crippen LogP contribution >= 0.6 is 0 Å². The lowest BCUT2D eigenvalue weighted by molar-refractivity contribution is -0.178. The van der Waals surface area contributed by atoms with Gasteiger partial charge in [-0.2, -0.15) is 0 Å². The molecule has 0 spiro atoms. The molecule has 106 heavy (non-hydrogen) atoms. The SMILES string of the molecule is CCOC(=O)C(C)(C)CC(C)(CC(C)(CC(C)(CC(C)(CC(C)(CC(C)(CC(C)(CC(C)(CC(C)(CC(C)(CC(C)(CC(C)(CC)C(=O)OCC)C(=O)OCC)C(=O)OCC)C(=O)OCC)C(=O)OCC)C(=O)OCC)C(=O)OCC)C(=O)OCC)C(=O)OCC)C(=O)OCC)C(=O)OCC)C(=O)OCC. The van der Waals surface area contributed by atoms with Gasteiger partial charge in [-0.25, -0.2) is 0 Å². The molecule has 0 aromatic heterocycles. The Hall–Kier alpha value is -6.89. The summed E-state index contributed by atoms with van der Waals surface area (Å²) in [6, 6.07) is 0. The van der Waals surface area contributed by atoms with Crippen LogP contribution in [0.5, 0.6) is 0 Å². The van der Waals surface area contributed by atoms with Crippen molar-refractivity contribution in [3.05, 3.63) is 0 Å². The number of esters is 13. The molecule has 0 N–H and O–H groups in total. The van der Waals surface area contributed by atoms with Gasteiger partial charge in [0, 0.05) is 0 Å². The lowest BCUT2D eigenvalue weighted by Crippen LogP contribution is -2.52. The van der Waals surface area contributed by atoms with Crippen molar-refractivity contribution in [1.82, 2.24) is 0 Å². The smallest absolute Gasteiger partial charge is 0.311 e. The Morgan fingerprint density at radius 1 is 0.151 bits per heavy atom. The zero-order chi connectivity index (χ0) is 82.6. The highest BCUT2D eigenvalue weighted by atomic mass is 16.6. The predicted octanol–water partition coefficient (Wildman–Crippen LogP) is 13.5. The summed E-state index contributed by atoms with van der Waals surface area (Å²) in [5, 5.41) is 0. The number of ether oxygens (including phenoxy) is 13. The molecule has 0 aromatic carbocycles. The van der Waals surface area contributed by atoms with Crippen LogP contribution in [0.1, 0.15) is 277 Å². The minimum absolute atomic E-state index is 0.0329. The first-order valence-electron chi connectivity index (χ1n) is 38.0. The minimum atomic E-state index is -2.05. The molecule has 0 amide bonds. The van der Waals surface area contributed by atoms with Gasteiger partial charge < -0.3 is 61.6 Å². The highest BCUT2D eigenvalue weighted by Gasteiger charge is 2.63. The Morgan fingerprint density at radius 3 is 0.358 bits per heavy atom. The van der Waals surface area contributed by atoms with Crippen molar-refractivity contribution in [3.8, 4) is 0 Å².